The Morgan fingerprint density at radius 2 is 1.82 bits per heavy atom. The van der Waals surface area contributed by atoms with Gasteiger partial charge in [0.2, 0.25) is 0 Å². The van der Waals surface area contributed by atoms with Crippen LogP contribution in [0.25, 0.3) is 0 Å². The number of nitro benzene ring substituents is 1. The van der Waals surface area contributed by atoms with E-state index in [1.165, 1.54) is 28.4 Å². The van der Waals surface area contributed by atoms with Crippen LogP contribution in [-0.4, -0.2) is 20.8 Å². The molecule has 0 unspecified atom stereocenters. The predicted molar refractivity (Wildman–Crippen MR) is 129 cm³/mol. The van der Waals surface area contributed by atoms with Crippen LogP contribution in [0.15, 0.2) is 72.2 Å². The Bertz CT molecular complexity index is 1290. The summed E-state index contributed by atoms with van der Waals surface area (Å²) in [5.74, 6) is 0.0469. The molecule has 2 heterocycles. The van der Waals surface area contributed by atoms with Crippen LogP contribution in [0.1, 0.15) is 26.6 Å². The van der Waals surface area contributed by atoms with Gasteiger partial charge in [0.25, 0.3) is 11.6 Å². The highest BCUT2D eigenvalue weighted by Gasteiger charge is 2.23. The summed E-state index contributed by atoms with van der Waals surface area (Å²) < 4.78 is 0. The first-order chi connectivity index (χ1) is 15.9. The van der Waals surface area contributed by atoms with Gasteiger partial charge in [-0.05, 0) is 35.4 Å². The van der Waals surface area contributed by atoms with E-state index in [9.17, 15) is 14.9 Å². The molecule has 4 aromatic rings. The van der Waals surface area contributed by atoms with E-state index in [0.29, 0.717) is 32.9 Å². The summed E-state index contributed by atoms with van der Waals surface area (Å²) in [6, 6.07) is 16.6. The van der Waals surface area contributed by atoms with Crippen LogP contribution in [0.3, 0.4) is 0 Å². The minimum Gasteiger partial charge on any atom is -0.287 e. The molecular formula is C23H16Cl2N4O3S. The SMILES string of the molecule is O=C(c1csc(Cc2c(Cl)cccc2Cl)n1)N(Cc1cccc([N+](=O)[O-])c1)c1ccccn1. The standard InChI is InChI=1S/C23H16Cl2N4O3S/c24-18-7-4-8-19(25)17(18)12-22-27-20(14-33-22)23(30)28(21-9-1-2-10-26-21)13-15-5-3-6-16(11-15)29(31)32/h1-11,14H,12-13H2. The maximum atomic E-state index is 13.4. The number of anilines is 1. The highest BCUT2D eigenvalue weighted by atomic mass is 35.5. The van der Waals surface area contributed by atoms with Crippen molar-refractivity contribution in [2.24, 2.45) is 0 Å². The third-order valence-electron chi connectivity index (χ3n) is 4.79. The minimum absolute atomic E-state index is 0.0477. The summed E-state index contributed by atoms with van der Waals surface area (Å²) in [4.78, 5) is 34.3. The fourth-order valence-corrected chi connectivity index (χ4v) is 4.51. The summed E-state index contributed by atoms with van der Waals surface area (Å²) in [6.07, 6.45) is 1.97. The van der Waals surface area contributed by atoms with Gasteiger partial charge in [0, 0.05) is 40.2 Å². The zero-order chi connectivity index (χ0) is 23.4. The quantitative estimate of drug-likeness (QED) is 0.223. The van der Waals surface area contributed by atoms with E-state index in [0.717, 1.165) is 5.56 Å². The third kappa shape index (κ3) is 5.36. The predicted octanol–water partition coefficient (Wildman–Crippen LogP) is 6.19. The summed E-state index contributed by atoms with van der Waals surface area (Å²) >= 11 is 13.9. The fraction of sp³-hybridized carbons (Fsp3) is 0.0870. The molecule has 0 fully saturated rings. The lowest BCUT2D eigenvalue weighted by Crippen LogP contribution is -2.31. The molecule has 0 saturated heterocycles. The number of pyridine rings is 1. The van der Waals surface area contributed by atoms with E-state index in [-0.39, 0.29) is 23.8 Å². The van der Waals surface area contributed by atoms with Gasteiger partial charge in [0.05, 0.1) is 16.5 Å². The Kier molecular flexibility index (Phi) is 6.98. The van der Waals surface area contributed by atoms with E-state index >= 15 is 0 Å². The summed E-state index contributed by atoms with van der Waals surface area (Å²) in [7, 11) is 0. The molecule has 0 N–H and O–H groups in total. The van der Waals surface area contributed by atoms with Gasteiger partial charge in [-0.1, -0.05) is 47.5 Å². The molecule has 0 aliphatic carbocycles. The number of halogens is 2. The Morgan fingerprint density at radius 1 is 1.06 bits per heavy atom. The second kappa shape index (κ2) is 10.1. The number of nitrogens with zero attached hydrogens (tertiary/aromatic N) is 4. The Labute approximate surface area is 203 Å². The third-order valence-corrected chi connectivity index (χ3v) is 6.35. The molecule has 2 aromatic heterocycles. The number of amides is 1. The lowest BCUT2D eigenvalue weighted by molar-refractivity contribution is -0.384. The highest BCUT2D eigenvalue weighted by Crippen LogP contribution is 2.28. The molecule has 0 aliphatic rings. The molecule has 0 atom stereocenters. The van der Waals surface area contributed by atoms with Gasteiger partial charge in [-0.2, -0.15) is 0 Å². The van der Waals surface area contributed by atoms with Crippen molar-refractivity contribution in [3.8, 4) is 0 Å². The smallest absolute Gasteiger partial charge is 0.279 e. The first-order valence-electron chi connectivity index (χ1n) is 9.76. The number of carbonyl (C=O) groups excluding carboxylic acids is 1. The Balaban J connectivity index is 1.62. The van der Waals surface area contributed by atoms with Crippen LogP contribution in [-0.2, 0) is 13.0 Å². The molecule has 33 heavy (non-hydrogen) atoms. The maximum Gasteiger partial charge on any atom is 0.279 e. The van der Waals surface area contributed by atoms with E-state index in [1.807, 2.05) is 0 Å². The number of benzene rings is 2. The van der Waals surface area contributed by atoms with Crippen molar-refractivity contribution in [1.82, 2.24) is 9.97 Å². The first-order valence-corrected chi connectivity index (χ1v) is 11.4. The normalized spacial score (nSPS) is 10.7. The second-order valence-electron chi connectivity index (χ2n) is 7.01. The number of nitro groups is 1. The van der Waals surface area contributed by atoms with Crippen molar-refractivity contribution < 1.29 is 9.72 Å². The zero-order valence-electron chi connectivity index (χ0n) is 17.0. The van der Waals surface area contributed by atoms with Crippen LogP contribution in [0.4, 0.5) is 11.5 Å². The van der Waals surface area contributed by atoms with Crippen LogP contribution in [0, 0.1) is 10.1 Å². The van der Waals surface area contributed by atoms with Gasteiger partial charge >= 0.3 is 0 Å². The van der Waals surface area contributed by atoms with Gasteiger partial charge in [-0.3, -0.25) is 19.8 Å². The van der Waals surface area contributed by atoms with Gasteiger partial charge in [0.1, 0.15) is 11.5 Å². The average molecular weight is 499 g/mol. The summed E-state index contributed by atoms with van der Waals surface area (Å²) in [5, 5.41) is 14.6. The zero-order valence-corrected chi connectivity index (χ0v) is 19.3. The van der Waals surface area contributed by atoms with E-state index in [4.69, 9.17) is 23.2 Å². The van der Waals surface area contributed by atoms with Crippen molar-refractivity contribution in [2.45, 2.75) is 13.0 Å². The van der Waals surface area contributed by atoms with Gasteiger partial charge in [0.15, 0.2) is 0 Å². The number of carbonyl (C=O) groups is 1. The van der Waals surface area contributed by atoms with Crippen molar-refractivity contribution in [2.75, 3.05) is 4.90 Å². The number of hydrogen-bond acceptors (Lipinski definition) is 6. The molecule has 1 amide bonds. The lowest BCUT2D eigenvalue weighted by atomic mass is 10.1. The Hall–Kier alpha value is -3.33. The second-order valence-corrected chi connectivity index (χ2v) is 8.77. The number of non-ortho nitro benzene ring substituents is 1. The van der Waals surface area contributed by atoms with Crippen molar-refractivity contribution in [3.05, 3.63) is 114 Å². The lowest BCUT2D eigenvalue weighted by Gasteiger charge is -2.21. The molecule has 0 bridgehead atoms. The van der Waals surface area contributed by atoms with Gasteiger partial charge in [-0.15, -0.1) is 11.3 Å². The molecule has 2 aromatic carbocycles. The monoisotopic (exact) mass is 498 g/mol. The molecule has 0 spiro atoms. The van der Waals surface area contributed by atoms with Gasteiger partial charge < -0.3 is 0 Å². The minimum atomic E-state index is -0.469. The maximum absolute atomic E-state index is 13.4. The van der Waals surface area contributed by atoms with Crippen molar-refractivity contribution in [1.29, 1.82) is 0 Å². The molecule has 0 aliphatic heterocycles. The largest absolute Gasteiger partial charge is 0.287 e. The molecule has 0 radical (unpaired) electrons. The number of hydrogen-bond donors (Lipinski definition) is 0. The summed E-state index contributed by atoms with van der Waals surface area (Å²) in [6.45, 7) is 0.0979. The summed E-state index contributed by atoms with van der Waals surface area (Å²) in [5.41, 5.74) is 1.54. The first kappa shape index (κ1) is 22.8. The van der Waals surface area contributed by atoms with E-state index in [2.05, 4.69) is 9.97 Å². The molecule has 4 rings (SSSR count). The van der Waals surface area contributed by atoms with E-state index < -0.39 is 4.92 Å². The van der Waals surface area contributed by atoms with Crippen LogP contribution in [0.5, 0.6) is 0 Å². The Morgan fingerprint density at radius 3 is 2.52 bits per heavy atom. The van der Waals surface area contributed by atoms with E-state index in [1.54, 1.807) is 60.1 Å². The number of thiazole rings is 1. The van der Waals surface area contributed by atoms with Crippen LogP contribution >= 0.6 is 34.5 Å². The van der Waals surface area contributed by atoms with Crippen LogP contribution in [0.2, 0.25) is 10.0 Å². The molecule has 10 heteroatoms. The van der Waals surface area contributed by atoms with Crippen molar-refractivity contribution >= 4 is 52.0 Å². The molecule has 166 valence electrons. The van der Waals surface area contributed by atoms with Crippen molar-refractivity contribution in [3.63, 3.8) is 0 Å². The highest BCUT2D eigenvalue weighted by molar-refractivity contribution is 7.09. The van der Waals surface area contributed by atoms with Gasteiger partial charge in [-0.25, -0.2) is 9.97 Å². The average Bonchev–Trinajstić information content (AvgIpc) is 3.29. The molecule has 0 saturated carbocycles. The number of aromatic nitrogens is 2. The molecule has 7 nitrogen and oxygen atoms in total. The molecular weight excluding hydrogens is 483 g/mol. The fourth-order valence-electron chi connectivity index (χ4n) is 3.20. The number of rotatable bonds is 7. The van der Waals surface area contributed by atoms with Crippen LogP contribution < -0.4 is 4.90 Å². The topological polar surface area (TPSA) is 89.2 Å².